The van der Waals surface area contributed by atoms with Crippen molar-refractivity contribution in [3.05, 3.63) is 23.8 Å². The van der Waals surface area contributed by atoms with Gasteiger partial charge in [-0.3, -0.25) is 5.32 Å². The number of nitrogen functional groups attached to an aromatic ring is 1. The first-order chi connectivity index (χ1) is 6.49. The highest BCUT2D eigenvalue weighted by Crippen LogP contribution is 2.39. The molecule has 3 N–H and O–H groups in total. The van der Waals surface area contributed by atoms with Gasteiger partial charge in [-0.2, -0.15) is 0 Å². The normalized spacial score (nSPS) is 24.4. The monoisotopic (exact) mass is 208 g/mol. The number of benzene rings is 1. The first-order valence-electron chi connectivity index (χ1n) is 4.83. The molecule has 0 saturated carbocycles. The molecular formula is C11H16N2S. The van der Waals surface area contributed by atoms with E-state index in [1.54, 1.807) is 0 Å². The third-order valence-electron chi connectivity index (χ3n) is 2.54. The van der Waals surface area contributed by atoms with E-state index in [0.29, 0.717) is 5.37 Å². The van der Waals surface area contributed by atoms with Gasteiger partial charge in [0.25, 0.3) is 0 Å². The summed E-state index contributed by atoms with van der Waals surface area (Å²) in [4.78, 5) is 1.34. The summed E-state index contributed by atoms with van der Waals surface area (Å²) in [6.07, 6.45) is 0. The molecule has 0 aliphatic carbocycles. The molecule has 2 nitrogen and oxygen atoms in total. The third kappa shape index (κ3) is 1.62. The first kappa shape index (κ1) is 9.87. The van der Waals surface area contributed by atoms with E-state index in [2.05, 4.69) is 38.2 Å². The second kappa shape index (κ2) is 3.17. The quantitative estimate of drug-likeness (QED) is 0.643. The van der Waals surface area contributed by atoms with Crippen LogP contribution < -0.4 is 11.1 Å². The van der Waals surface area contributed by atoms with Crippen LogP contribution in [0.4, 0.5) is 5.69 Å². The average molecular weight is 208 g/mol. The van der Waals surface area contributed by atoms with Crippen molar-refractivity contribution in [3.8, 4) is 0 Å². The molecule has 1 aliphatic heterocycles. The number of nitrogens with two attached hydrogens (primary N) is 1. The highest BCUT2D eigenvalue weighted by molar-refractivity contribution is 8.00. The van der Waals surface area contributed by atoms with E-state index in [-0.39, 0.29) is 5.54 Å². The largest absolute Gasteiger partial charge is 0.399 e. The highest BCUT2D eigenvalue weighted by Gasteiger charge is 2.30. The Morgan fingerprint density at radius 3 is 2.86 bits per heavy atom. The number of rotatable bonds is 0. The van der Waals surface area contributed by atoms with Crippen LogP contribution in [0.2, 0.25) is 0 Å². The first-order valence-corrected chi connectivity index (χ1v) is 5.71. The van der Waals surface area contributed by atoms with Gasteiger partial charge >= 0.3 is 0 Å². The molecule has 0 radical (unpaired) electrons. The lowest BCUT2D eigenvalue weighted by Crippen LogP contribution is -2.44. The van der Waals surface area contributed by atoms with Crippen LogP contribution in [-0.2, 0) is 5.54 Å². The van der Waals surface area contributed by atoms with E-state index in [1.165, 1.54) is 10.5 Å². The van der Waals surface area contributed by atoms with Gasteiger partial charge < -0.3 is 5.73 Å². The van der Waals surface area contributed by atoms with Crippen LogP contribution in [-0.4, -0.2) is 5.37 Å². The zero-order valence-electron chi connectivity index (χ0n) is 8.79. The Bertz CT molecular complexity index is 360. The average Bonchev–Trinajstić information content (AvgIpc) is 2.05. The Labute approximate surface area is 89.3 Å². The van der Waals surface area contributed by atoms with E-state index < -0.39 is 0 Å². The van der Waals surface area contributed by atoms with Crippen LogP contribution in [0.3, 0.4) is 0 Å². The molecule has 0 amide bonds. The predicted octanol–water partition coefficient (Wildman–Crippen LogP) is 2.55. The smallest absolute Gasteiger partial charge is 0.0557 e. The maximum absolute atomic E-state index is 5.80. The number of nitrogens with one attached hydrogen (secondary N) is 1. The van der Waals surface area contributed by atoms with Crippen molar-refractivity contribution in [2.24, 2.45) is 0 Å². The van der Waals surface area contributed by atoms with Gasteiger partial charge in [0.15, 0.2) is 0 Å². The molecule has 0 aromatic heterocycles. The lowest BCUT2D eigenvalue weighted by atomic mass is 9.93. The molecule has 1 aromatic rings. The Morgan fingerprint density at radius 2 is 2.14 bits per heavy atom. The maximum Gasteiger partial charge on any atom is 0.0557 e. The molecule has 1 heterocycles. The summed E-state index contributed by atoms with van der Waals surface area (Å²) in [6.45, 7) is 6.58. The number of thioether (sulfide) groups is 1. The molecule has 14 heavy (non-hydrogen) atoms. The molecule has 1 atom stereocenters. The van der Waals surface area contributed by atoms with Gasteiger partial charge in [-0.05, 0) is 44.5 Å². The fraction of sp³-hybridized carbons (Fsp3) is 0.455. The summed E-state index contributed by atoms with van der Waals surface area (Å²) in [6, 6.07) is 6.16. The van der Waals surface area contributed by atoms with E-state index >= 15 is 0 Å². The van der Waals surface area contributed by atoms with E-state index in [9.17, 15) is 0 Å². The fourth-order valence-corrected chi connectivity index (χ4v) is 3.27. The number of hydrogen-bond donors (Lipinski definition) is 2. The Hall–Kier alpha value is -0.670. The molecule has 2 rings (SSSR count). The van der Waals surface area contributed by atoms with Crippen molar-refractivity contribution in [1.29, 1.82) is 0 Å². The summed E-state index contributed by atoms with van der Waals surface area (Å²) in [5.41, 5.74) is 7.97. The van der Waals surface area contributed by atoms with Crippen molar-refractivity contribution in [2.75, 3.05) is 5.73 Å². The molecule has 0 saturated heterocycles. The summed E-state index contributed by atoms with van der Waals surface area (Å²) >= 11 is 1.86. The second-order valence-electron chi connectivity index (χ2n) is 4.29. The van der Waals surface area contributed by atoms with Gasteiger partial charge in [-0.15, -0.1) is 11.8 Å². The minimum Gasteiger partial charge on any atom is -0.399 e. The summed E-state index contributed by atoms with van der Waals surface area (Å²) in [5.74, 6) is 0. The molecule has 0 fully saturated rings. The summed E-state index contributed by atoms with van der Waals surface area (Å²) in [5, 5.41) is 4.01. The SMILES string of the molecule is CC1NC(C)(C)c2cc(N)ccc2S1. The van der Waals surface area contributed by atoms with Crippen LogP contribution in [0.25, 0.3) is 0 Å². The molecule has 0 spiro atoms. The topological polar surface area (TPSA) is 38.0 Å². The number of hydrogen-bond acceptors (Lipinski definition) is 3. The van der Waals surface area contributed by atoms with Crippen molar-refractivity contribution in [1.82, 2.24) is 5.32 Å². The fourth-order valence-electron chi connectivity index (χ4n) is 1.94. The molecule has 3 heteroatoms. The predicted molar refractivity (Wildman–Crippen MR) is 62.3 cm³/mol. The Morgan fingerprint density at radius 1 is 1.43 bits per heavy atom. The summed E-state index contributed by atoms with van der Waals surface area (Å²) < 4.78 is 0. The second-order valence-corrected chi connectivity index (χ2v) is 5.67. The molecular weight excluding hydrogens is 192 g/mol. The highest BCUT2D eigenvalue weighted by atomic mass is 32.2. The Balaban J connectivity index is 2.53. The standard InChI is InChI=1S/C11H16N2S/c1-7-13-11(2,3)9-6-8(12)4-5-10(9)14-7/h4-7,13H,12H2,1-3H3. The third-order valence-corrected chi connectivity index (χ3v) is 3.63. The molecule has 1 aliphatic rings. The maximum atomic E-state index is 5.80. The van der Waals surface area contributed by atoms with Crippen LogP contribution in [0, 0.1) is 0 Å². The van der Waals surface area contributed by atoms with Gasteiger partial charge in [0.2, 0.25) is 0 Å². The van der Waals surface area contributed by atoms with Crippen molar-refractivity contribution >= 4 is 17.4 Å². The van der Waals surface area contributed by atoms with Crippen LogP contribution in [0.15, 0.2) is 23.1 Å². The minimum absolute atomic E-state index is 0.0232. The molecule has 76 valence electrons. The number of fused-ring (bicyclic) bond motifs is 1. The van der Waals surface area contributed by atoms with Crippen molar-refractivity contribution in [3.63, 3.8) is 0 Å². The summed E-state index contributed by atoms with van der Waals surface area (Å²) in [7, 11) is 0. The van der Waals surface area contributed by atoms with E-state index in [4.69, 9.17) is 5.73 Å². The minimum atomic E-state index is 0.0232. The zero-order chi connectivity index (χ0) is 10.3. The van der Waals surface area contributed by atoms with E-state index in [1.807, 2.05) is 17.8 Å². The van der Waals surface area contributed by atoms with Gasteiger partial charge in [-0.1, -0.05) is 0 Å². The molecule has 1 aromatic carbocycles. The number of anilines is 1. The van der Waals surface area contributed by atoms with Crippen molar-refractivity contribution < 1.29 is 0 Å². The van der Waals surface area contributed by atoms with Crippen LogP contribution in [0.1, 0.15) is 26.3 Å². The Kier molecular flexibility index (Phi) is 2.24. The van der Waals surface area contributed by atoms with Gasteiger partial charge in [-0.25, -0.2) is 0 Å². The van der Waals surface area contributed by atoms with Gasteiger partial charge in [0.1, 0.15) is 0 Å². The zero-order valence-corrected chi connectivity index (χ0v) is 9.61. The van der Waals surface area contributed by atoms with Gasteiger partial charge in [0, 0.05) is 16.1 Å². The van der Waals surface area contributed by atoms with Crippen molar-refractivity contribution in [2.45, 2.75) is 36.6 Å². The van der Waals surface area contributed by atoms with E-state index in [0.717, 1.165) is 5.69 Å². The molecule has 1 unspecified atom stereocenters. The van der Waals surface area contributed by atoms with Crippen LogP contribution in [0.5, 0.6) is 0 Å². The lowest BCUT2D eigenvalue weighted by molar-refractivity contribution is 0.386. The lowest BCUT2D eigenvalue weighted by Gasteiger charge is -2.37. The van der Waals surface area contributed by atoms with Crippen LogP contribution >= 0.6 is 11.8 Å². The molecule has 0 bridgehead atoms. The van der Waals surface area contributed by atoms with Gasteiger partial charge in [0.05, 0.1) is 5.37 Å².